The predicted octanol–water partition coefficient (Wildman–Crippen LogP) is 2.94. The Morgan fingerprint density at radius 2 is 0.800 bits per heavy atom. The zero-order chi connectivity index (χ0) is 15.1. The molecule has 0 spiro atoms. The van der Waals surface area contributed by atoms with Crippen molar-refractivity contribution in [1.82, 2.24) is 0 Å². The van der Waals surface area contributed by atoms with Gasteiger partial charge < -0.3 is 21.7 Å². The van der Waals surface area contributed by atoms with E-state index in [1.165, 1.54) is 25.7 Å². The van der Waals surface area contributed by atoms with Gasteiger partial charge in [-0.2, -0.15) is 0 Å². The molecule has 0 amide bonds. The van der Waals surface area contributed by atoms with Gasteiger partial charge in [0.15, 0.2) is 0 Å². The molecule has 6 N–H and O–H groups in total. The number of unbranched alkanes of at least 4 members (excludes halogenated alkanes) is 7. The lowest BCUT2D eigenvalue weighted by Crippen LogP contribution is -1.86. The van der Waals surface area contributed by atoms with Crippen LogP contribution >= 0.6 is 0 Å². The van der Waals surface area contributed by atoms with Crippen molar-refractivity contribution in [2.45, 2.75) is 51.4 Å². The fourth-order valence-corrected chi connectivity index (χ4v) is 1.78. The van der Waals surface area contributed by atoms with Crippen LogP contribution in [0.1, 0.15) is 51.4 Å². The van der Waals surface area contributed by atoms with E-state index in [2.05, 4.69) is 0 Å². The molecule has 0 aliphatic heterocycles. The standard InChI is InChI=1S/C10H22O2.C6H8N2/c11-9-7-5-3-1-2-4-6-8-10-12;7-5-1-2-6(8)4-3-5/h11-12H,1-10H2;1-4H,7-8H2. The Kier molecular flexibility index (Phi) is 13.3. The summed E-state index contributed by atoms with van der Waals surface area (Å²) in [6.07, 6.45) is 9.30. The maximum atomic E-state index is 8.51. The Labute approximate surface area is 122 Å². The third-order valence-corrected chi connectivity index (χ3v) is 3.00. The van der Waals surface area contributed by atoms with Gasteiger partial charge in [-0.25, -0.2) is 0 Å². The van der Waals surface area contributed by atoms with Gasteiger partial charge in [-0.3, -0.25) is 0 Å². The second kappa shape index (κ2) is 14.2. The Hall–Kier alpha value is -1.26. The summed E-state index contributed by atoms with van der Waals surface area (Å²) in [5, 5.41) is 17.0. The highest BCUT2D eigenvalue weighted by Crippen LogP contribution is 2.07. The minimum atomic E-state index is 0.338. The van der Waals surface area contributed by atoms with Crippen molar-refractivity contribution >= 4 is 11.4 Å². The molecule has 0 atom stereocenters. The zero-order valence-electron chi connectivity index (χ0n) is 12.4. The number of nitrogen functional groups attached to an aromatic ring is 2. The Balaban J connectivity index is 0.000000388. The van der Waals surface area contributed by atoms with E-state index in [0.29, 0.717) is 13.2 Å². The van der Waals surface area contributed by atoms with Gasteiger partial charge in [-0.05, 0) is 37.1 Å². The van der Waals surface area contributed by atoms with Crippen LogP contribution < -0.4 is 11.5 Å². The molecule has 0 heterocycles. The van der Waals surface area contributed by atoms with Crippen LogP contribution in [0.25, 0.3) is 0 Å². The fourth-order valence-electron chi connectivity index (χ4n) is 1.78. The molecule has 1 aromatic carbocycles. The van der Waals surface area contributed by atoms with Gasteiger partial charge in [0.2, 0.25) is 0 Å². The average Bonchev–Trinajstić information content (AvgIpc) is 2.46. The van der Waals surface area contributed by atoms with Crippen LogP contribution in [0.4, 0.5) is 11.4 Å². The summed E-state index contributed by atoms with van der Waals surface area (Å²) in [5.41, 5.74) is 12.2. The van der Waals surface area contributed by atoms with E-state index in [-0.39, 0.29) is 0 Å². The number of anilines is 2. The minimum absolute atomic E-state index is 0.338. The van der Waals surface area contributed by atoms with Gasteiger partial charge in [0.05, 0.1) is 0 Å². The summed E-state index contributed by atoms with van der Waals surface area (Å²) in [6.45, 7) is 0.676. The number of nitrogens with two attached hydrogens (primary N) is 2. The molecule has 0 radical (unpaired) electrons. The maximum Gasteiger partial charge on any atom is 0.0431 e. The molecule has 0 unspecified atom stereocenters. The Bertz CT molecular complexity index is 271. The highest BCUT2D eigenvalue weighted by Gasteiger charge is 1.90. The number of rotatable bonds is 9. The smallest absolute Gasteiger partial charge is 0.0431 e. The monoisotopic (exact) mass is 282 g/mol. The Morgan fingerprint density at radius 3 is 1.05 bits per heavy atom. The van der Waals surface area contributed by atoms with Crippen LogP contribution in [0.3, 0.4) is 0 Å². The average molecular weight is 282 g/mol. The van der Waals surface area contributed by atoms with Crippen LogP contribution in [-0.2, 0) is 0 Å². The number of hydrogen-bond acceptors (Lipinski definition) is 4. The first-order valence-electron chi connectivity index (χ1n) is 7.53. The predicted molar refractivity (Wildman–Crippen MR) is 86.4 cm³/mol. The minimum Gasteiger partial charge on any atom is -0.399 e. The highest BCUT2D eigenvalue weighted by atomic mass is 16.3. The third-order valence-electron chi connectivity index (χ3n) is 3.00. The number of aliphatic hydroxyl groups excluding tert-OH is 2. The van der Waals surface area contributed by atoms with Gasteiger partial charge >= 0.3 is 0 Å². The largest absolute Gasteiger partial charge is 0.399 e. The molecular weight excluding hydrogens is 252 g/mol. The molecule has 0 aliphatic rings. The molecule has 116 valence electrons. The third kappa shape index (κ3) is 13.2. The van der Waals surface area contributed by atoms with Crippen molar-refractivity contribution in [3.05, 3.63) is 24.3 Å². The first kappa shape index (κ1) is 18.7. The first-order chi connectivity index (χ1) is 9.70. The summed E-state index contributed by atoms with van der Waals surface area (Å²) in [4.78, 5) is 0. The molecule has 0 aromatic heterocycles. The van der Waals surface area contributed by atoms with Crippen LogP contribution in [0.2, 0.25) is 0 Å². The summed E-state index contributed by atoms with van der Waals surface area (Å²) in [7, 11) is 0. The summed E-state index contributed by atoms with van der Waals surface area (Å²) < 4.78 is 0. The molecule has 0 saturated heterocycles. The lowest BCUT2D eigenvalue weighted by Gasteiger charge is -1.99. The van der Waals surface area contributed by atoms with E-state index in [1.54, 1.807) is 24.3 Å². The van der Waals surface area contributed by atoms with E-state index < -0.39 is 0 Å². The van der Waals surface area contributed by atoms with Crippen molar-refractivity contribution in [2.75, 3.05) is 24.7 Å². The fraction of sp³-hybridized carbons (Fsp3) is 0.625. The lowest BCUT2D eigenvalue weighted by molar-refractivity contribution is 0.279. The summed E-state index contributed by atoms with van der Waals surface area (Å²) in [5.74, 6) is 0. The molecule has 4 nitrogen and oxygen atoms in total. The molecule has 1 rings (SSSR count). The van der Waals surface area contributed by atoms with Crippen molar-refractivity contribution in [1.29, 1.82) is 0 Å². The lowest BCUT2D eigenvalue weighted by atomic mass is 10.1. The molecule has 0 fully saturated rings. The van der Waals surface area contributed by atoms with E-state index >= 15 is 0 Å². The summed E-state index contributed by atoms with van der Waals surface area (Å²) >= 11 is 0. The Morgan fingerprint density at radius 1 is 0.550 bits per heavy atom. The van der Waals surface area contributed by atoms with Gasteiger partial charge in [0.1, 0.15) is 0 Å². The van der Waals surface area contributed by atoms with Gasteiger partial charge in [0.25, 0.3) is 0 Å². The quantitative estimate of drug-likeness (QED) is 0.414. The number of benzene rings is 1. The second-order valence-electron chi connectivity index (χ2n) is 4.94. The van der Waals surface area contributed by atoms with Crippen LogP contribution in [0, 0.1) is 0 Å². The van der Waals surface area contributed by atoms with E-state index in [1.807, 2.05) is 0 Å². The molecule has 1 aromatic rings. The first-order valence-corrected chi connectivity index (χ1v) is 7.53. The highest BCUT2D eigenvalue weighted by molar-refractivity contribution is 5.47. The molecule has 20 heavy (non-hydrogen) atoms. The van der Waals surface area contributed by atoms with Crippen molar-refractivity contribution in [2.24, 2.45) is 0 Å². The van der Waals surface area contributed by atoms with Crippen LogP contribution in [0.5, 0.6) is 0 Å². The summed E-state index contributed by atoms with van der Waals surface area (Å²) in [6, 6.07) is 7.09. The van der Waals surface area contributed by atoms with E-state index in [0.717, 1.165) is 37.1 Å². The van der Waals surface area contributed by atoms with E-state index in [4.69, 9.17) is 21.7 Å². The number of aliphatic hydroxyl groups is 2. The zero-order valence-corrected chi connectivity index (χ0v) is 12.4. The van der Waals surface area contributed by atoms with Gasteiger partial charge in [-0.1, -0.05) is 38.5 Å². The molecule has 0 bridgehead atoms. The maximum absolute atomic E-state index is 8.51. The molecule has 0 saturated carbocycles. The van der Waals surface area contributed by atoms with Crippen molar-refractivity contribution in [3.63, 3.8) is 0 Å². The van der Waals surface area contributed by atoms with E-state index in [9.17, 15) is 0 Å². The van der Waals surface area contributed by atoms with Gasteiger partial charge in [0, 0.05) is 24.6 Å². The normalized spacial score (nSPS) is 9.90. The molecule has 0 aliphatic carbocycles. The van der Waals surface area contributed by atoms with Crippen molar-refractivity contribution < 1.29 is 10.2 Å². The second-order valence-corrected chi connectivity index (χ2v) is 4.94. The topological polar surface area (TPSA) is 92.5 Å². The number of hydrogen-bond donors (Lipinski definition) is 4. The molecular formula is C16H30N2O2. The SMILES string of the molecule is Nc1ccc(N)cc1.OCCCCCCCCCCO. The van der Waals surface area contributed by atoms with Crippen LogP contribution in [-0.4, -0.2) is 23.4 Å². The molecule has 4 heteroatoms. The van der Waals surface area contributed by atoms with Gasteiger partial charge in [-0.15, -0.1) is 0 Å². The van der Waals surface area contributed by atoms with Crippen LogP contribution in [0.15, 0.2) is 24.3 Å². The van der Waals surface area contributed by atoms with Crippen molar-refractivity contribution in [3.8, 4) is 0 Å².